The highest BCUT2D eigenvalue weighted by Crippen LogP contribution is 2.61. The molecule has 3 aliphatic carbocycles. The summed E-state index contributed by atoms with van der Waals surface area (Å²) in [6.07, 6.45) is 6.66. The monoisotopic (exact) mass is 639 g/mol. The Bertz CT molecular complexity index is 1980. The molecule has 2 saturated carbocycles. The molecular formula is C41H41N3O2S. The predicted molar refractivity (Wildman–Crippen MR) is 190 cm³/mol. The number of phenolic OH excluding ortho intramolecular Hbond substituents is 1. The SMILES string of the molecule is C[C@]12CC[C@@H]3c4cc(C/C(=N\N=c5\scc(-c6ccccc6)n5-c5ccccc5)c5ccccc5)c(O)cc4CC[C@H]3[C@@H]1CC[C@@H]2O. The summed E-state index contributed by atoms with van der Waals surface area (Å²) in [4.78, 5) is 0.782. The van der Waals surface area contributed by atoms with Gasteiger partial charge in [0, 0.05) is 23.1 Å². The van der Waals surface area contributed by atoms with Gasteiger partial charge in [0.05, 0.1) is 17.5 Å². The first kappa shape index (κ1) is 30.1. The molecular weight excluding hydrogens is 599 g/mol. The lowest BCUT2D eigenvalue weighted by Crippen LogP contribution is -2.43. The van der Waals surface area contributed by atoms with Crippen LogP contribution >= 0.6 is 11.3 Å². The van der Waals surface area contributed by atoms with Crippen LogP contribution in [0, 0.1) is 17.3 Å². The van der Waals surface area contributed by atoms with Crippen LogP contribution in [0.25, 0.3) is 16.9 Å². The molecule has 1 aromatic heterocycles. The van der Waals surface area contributed by atoms with Crippen LogP contribution < -0.4 is 4.80 Å². The van der Waals surface area contributed by atoms with E-state index in [1.165, 1.54) is 11.1 Å². The van der Waals surface area contributed by atoms with Crippen LogP contribution in [-0.4, -0.2) is 26.6 Å². The molecule has 1 heterocycles. The first-order valence-electron chi connectivity index (χ1n) is 17.0. The lowest BCUT2D eigenvalue weighted by Gasteiger charge is -2.50. The first-order chi connectivity index (χ1) is 23.0. The molecule has 2 N–H and O–H groups in total. The van der Waals surface area contributed by atoms with Gasteiger partial charge < -0.3 is 10.2 Å². The van der Waals surface area contributed by atoms with Crippen LogP contribution in [0.5, 0.6) is 5.75 Å². The predicted octanol–water partition coefficient (Wildman–Crippen LogP) is 8.68. The maximum atomic E-state index is 11.4. The number of aryl methyl sites for hydroxylation is 1. The highest BCUT2D eigenvalue weighted by atomic mass is 32.1. The van der Waals surface area contributed by atoms with Crippen LogP contribution in [0.3, 0.4) is 0 Å². The summed E-state index contributed by atoms with van der Waals surface area (Å²) in [6.45, 7) is 2.33. The van der Waals surface area contributed by atoms with E-state index in [1.54, 1.807) is 11.3 Å². The molecule has 5 aromatic rings. The summed E-state index contributed by atoms with van der Waals surface area (Å²) < 4.78 is 2.17. The van der Waals surface area contributed by atoms with E-state index in [2.05, 4.69) is 71.5 Å². The molecule has 0 aliphatic heterocycles. The second-order valence-electron chi connectivity index (χ2n) is 13.9. The lowest BCUT2D eigenvalue weighted by atomic mass is 9.55. The van der Waals surface area contributed by atoms with Crippen molar-refractivity contribution in [1.82, 2.24) is 4.57 Å². The minimum atomic E-state index is -0.175. The Hall–Kier alpha value is -4.26. The van der Waals surface area contributed by atoms with Gasteiger partial charge in [0.1, 0.15) is 5.75 Å². The molecule has 0 amide bonds. The number of aromatic nitrogens is 1. The van der Waals surface area contributed by atoms with Gasteiger partial charge in [-0.05, 0) is 102 Å². The fourth-order valence-electron chi connectivity index (χ4n) is 8.90. The van der Waals surface area contributed by atoms with Gasteiger partial charge in [-0.2, -0.15) is 5.10 Å². The summed E-state index contributed by atoms with van der Waals surface area (Å²) in [6, 6.07) is 35.2. The molecule has 0 unspecified atom stereocenters. The summed E-state index contributed by atoms with van der Waals surface area (Å²) in [5.74, 6) is 1.99. The molecule has 5 atom stereocenters. The average molecular weight is 640 g/mol. The quantitative estimate of drug-likeness (QED) is 0.144. The fourth-order valence-corrected chi connectivity index (χ4v) is 9.75. The molecule has 6 heteroatoms. The molecule has 2 fully saturated rings. The highest BCUT2D eigenvalue weighted by molar-refractivity contribution is 7.07. The van der Waals surface area contributed by atoms with E-state index in [9.17, 15) is 10.2 Å². The zero-order valence-corrected chi connectivity index (χ0v) is 27.6. The third kappa shape index (κ3) is 5.47. The van der Waals surface area contributed by atoms with Crippen molar-refractivity contribution in [3.8, 4) is 22.7 Å². The summed E-state index contributed by atoms with van der Waals surface area (Å²) in [5.41, 5.74) is 8.65. The van der Waals surface area contributed by atoms with E-state index in [1.807, 2.05) is 48.5 Å². The van der Waals surface area contributed by atoms with E-state index < -0.39 is 0 Å². The molecule has 4 aromatic carbocycles. The number of benzene rings is 4. The van der Waals surface area contributed by atoms with E-state index in [0.29, 0.717) is 29.9 Å². The second kappa shape index (κ2) is 12.4. The van der Waals surface area contributed by atoms with E-state index in [0.717, 1.165) is 77.1 Å². The third-order valence-electron chi connectivity index (χ3n) is 11.4. The van der Waals surface area contributed by atoms with Crippen molar-refractivity contribution < 1.29 is 10.2 Å². The number of fused-ring (bicyclic) bond motifs is 5. The molecule has 0 bridgehead atoms. The molecule has 238 valence electrons. The zero-order chi connectivity index (χ0) is 32.0. The number of nitrogens with zero attached hydrogens (tertiary/aromatic N) is 3. The van der Waals surface area contributed by atoms with Crippen molar-refractivity contribution in [2.45, 2.75) is 63.9 Å². The molecule has 8 rings (SSSR count). The minimum absolute atomic E-state index is 0.0475. The Labute approximate surface area is 280 Å². The van der Waals surface area contributed by atoms with Crippen molar-refractivity contribution in [2.75, 3.05) is 0 Å². The highest BCUT2D eigenvalue weighted by Gasteiger charge is 2.54. The van der Waals surface area contributed by atoms with E-state index in [-0.39, 0.29) is 11.5 Å². The van der Waals surface area contributed by atoms with Crippen LogP contribution in [0.4, 0.5) is 0 Å². The molecule has 0 spiro atoms. The van der Waals surface area contributed by atoms with Crippen LogP contribution in [0.1, 0.15) is 67.2 Å². The number of rotatable bonds is 6. The van der Waals surface area contributed by atoms with Crippen molar-refractivity contribution in [3.05, 3.63) is 136 Å². The molecule has 47 heavy (non-hydrogen) atoms. The molecule has 0 radical (unpaired) electrons. The number of aliphatic hydroxyl groups excluding tert-OH is 1. The van der Waals surface area contributed by atoms with Crippen LogP contribution in [0.2, 0.25) is 0 Å². The number of aromatic hydroxyl groups is 1. The van der Waals surface area contributed by atoms with E-state index >= 15 is 0 Å². The van der Waals surface area contributed by atoms with Gasteiger partial charge in [0.2, 0.25) is 4.80 Å². The maximum absolute atomic E-state index is 11.4. The maximum Gasteiger partial charge on any atom is 0.215 e. The van der Waals surface area contributed by atoms with Crippen LogP contribution in [0.15, 0.2) is 119 Å². The number of hydrogen-bond donors (Lipinski definition) is 2. The van der Waals surface area contributed by atoms with Crippen molar-refractivity contribution >= 4 is 17.0 Å². The van der Waals surface area contributed by atoms with Gasteiger partial charge in [-0.25, -0.2) is 0 Å². The summed E-state index contributed by atoms with van der Waals surface area (Å²) in [7, 11) is 0. The first-order valence-corrected chi connectivity index (χ1v) is 17.9. The number of thiazole rings is 1. The Kier molecular flexibility index (Phi) is 7.94. The Balaban J connectivity index is 1.19. The number of aliphatic hydroxyl groups is 1. The Morgan fingerprint density at radius 1 is 0.894 bits per heavy atom. The zero-order valence-electron chi connectivity index (χ0n) is 26.8. The molecule has 3 aliphatic rings. The molecule has 5 nitrogen and oxygen atoms in total. The third-order valence-corrected chi connectivity index (χ3v) is 12.2. The van der Waals surface area contributed by atoms with Crippen LogP contribution in [-0.2, 0) is 12.8 Å². The summed E-state index contributed by atoms with van der Waals surface area (Å²) >= 11 is 1.57. The van der Waals surface area contributed by atoms with Crippen molar-refractivity contribution in [1.29, 1.82) is 0 Å². The minimum Gasteiger partial charge on any atom is -0.508 e. The smallest absolute Gasteiger partial charge is 0.215 e. The van der Waals surface area contributed by atoms with Gasteiger partial charge in [-0.3, -0.25) is 4.57 Å². The summed E-state index contributed by atoms with van der Waals surface area (Å²) in [5, 5.41) is 34.2. The van der Waals surface area contributed by atoms with Gasteiger partial charge >= 0.3 is 0 Å². The lowest BCUT2D eigenvalue weighted by molar-refractivity contribution is -0.0226. The second-order valence-corrected chi connectivity index (χ2v) is 14.7. The van der Waals surface area contributed by atoms with Crippen molar-refractivity contribution in [2.24, 2.45) is 27.5 Å². The normalized spacial score (nSPS) is 25.7. The number of para-hydroxylation sites is 1. The Morgan fingerprint density at radius 3 is 2.38 bits per heavy atom. The van der Waals surface area contributed by atoms with Gasteiger partial charge in [0.15, 0.2) is 0 Å². The Morgan fingerprint density at radius 2 is 1.62 bits per heavy atom. The fraction of sp³-hybridized carbons (Fsp3) is 0.317. The largest absolute Gasteiger partial charge is 0.508 e. The standard InChI is InChI=1S/C41H41N3O2S/c1-41-22-21-32-33(35(41)19-20-39(41)46)18-17-29-25-38(45)30(23-34(29)32)24-36(27-11-5-2-6-12-27)42-43-40-44(31-15-9-4-10-16-31)37(26-47-40)28-13-7-3-8-14-28/h2-16,23,25-26,32-33,35,39,45-46H,17-22,24H2,1H3/b42-36+,43-40+/t32-,33+,35-,39-,41-/m0/s1. The van der Waals surface area contributed by atoms with Crippen molar-refractivity contribution in [3.63, 3.8) is 0 Å². The van der Waals surface area contributed by atoms with Gasteiger partial charge in [0.25, 0.3) is 0 Å². The average Bonchev–Trinajstić information content (AvgIpc) is 3.68. The van der Waals surface area contributed by atoms with Gasteiger partial charge in [-0.1, -0.05) is 91.9 Å². The van der Waals surface area contributed by atoms with Gasteiger partial charge in [-0.15, -0.1) is 16.4 Å². The number of hydrogen-bond acceptors (Lipinski definition) is 5. The number of phenols is 1. The topological polar surface area (TPSA) is 70.1 Å². The van der Waals surface area contributed by atoms with E-state index in [4.69, 9.17) is 10.2 Å². The molecule has 0 saturated heterocycles.